The molecule has 2 rings (SSSR count). The topological polar surface area (TPSA) is 69.7 Å². The molecule has 1 aromatic rings. The number of hydrogen-bond donors (Lipinski definition) is 3. The van der Waals surface area contributed by atoms with Gasteiger partial charge in [0.1, 0.15) is 0 Å². The minimum absolute atomic E-state index is 0.167. The van der Waals surface area contributed by atoms with Crippen molar-refractivity contribution in [1.29, 1.82) is 0 Å². The number of nitrogens with zero attached hydrogens (tertiary/aromatic N) is 1. The quantitative estimate of drug-likeness (QED) is 0.694. The third-order valence-electron chi connectivity index (χ3n) is 3.94. The molecule has 0 aromatic heterocycles. The lowest BCUT2D eigenvalue weighted by Gasteiger charge is -2.28. The van der Waals surface area contributed by atoms with Gasteiger partial charge < -0.3 is 15.9 Å². The normalized spacial score (nSPS) is 23.4. The highest BCUT2D eigenvalue weighted by atomic mass is 16.3. The zero-order valence-electron chi connectivity index (χ0n) is 11.3. The Hall–Kier alpha value is -0.940. The van der Waals surface area contributed by atoms with E-state index in [4.69, 9.17) is 5.73 Å². The lowest BCUT2D eigenvalue weighted by Crippen LogP contribution is -2.46. The molecule has 3 atom stereocenters. The SMILES string of the molecule is NC(Cc1ccccc1)C(O)CN1CCC[C@H]1CO. The summed E-state index contributed by atoms with van der Waals surface area (Å²) < 4.78 is 0. The number of aliphatic hydroxyl groups is 2. The van der Waals surface area contributed by atoms with Crippen LogP contribution in [-0.4, -0.2) is 53.0 Å². The molecule has 4 nitrogen and oxygen atoms in total. The summed E-state index contributed by atoms with van der Waals surface area (Å²) in [6.07, 6.45) is 2.23. The molecule has 1 heterocycles. The summed E-state index contributed by atoms with van der Waals surface area (Å²) >= 11 is 0. The number of hydrogen-bond acceptors (Lipinski definition) is 4. The van der Waals surface area contributed by atoms with E-state index in [2.05, 4.69) is 4.90 Å². The fourth-order valence-electron chi connectivity index (χ4n) is 2.74. The fraction of sp³-hybridized carbons (Fsp3) is 0.600. The zero-order chi connectivity index (χ0) is 13.7. The summed E-state index contributed by atoms with van der Waals surface area (Å²) in [4.78, 5) is 2.15. The molecule has 1 aliphatic heterocycles. The first kappa shape index (κ1) is 14.5. The van der Waals surface area contributed by atoms with E-state index in [1.54, 1.807) is 0 Å². The molecular formula is C15H24N2O2. The second-order valence-electron chi connectivity index (χ2n) is 5.39. The van der Waals surface area contributed by atoms with Crippen LogP contribution < -0.4 is 5.73 Å². The minimum atomic E-state index is -0.549. The Kier molecular flexibility index (Phi) is 5.34. The van der Waals surface area contributed by atoms with Crippen LogP contribution >= 0.6 is 0 Å². The van der Waals surface area contributed by atoms with Crippen LogP contribution in [0.25, 0.3) is 0 Å². The predicted octanol–water partition coefficient (Wildman–Crippen LogP) is 0.374. The zero-order valence-corrected chi connectivity index (χ0v) is 11.3. The maximum absolute atomic E-state index is 10.2. The Labute approximate surface area is 114 Å². The predicted molar refractivity (Wildman–Crippen MR) is 75.8 cm³/mol. The second-order valence-corrected chi connectivity index (χ2v) is 5.39. The van der Waals surface area contributed by atoms with Gasteiger partial charge in [0.25, 0.3) is 0 Å². The van der Waals surface area contributed by atoms with E-state index in [-0.39, 0.29) is 18.7 Å². The van der Waals surface area contributed by atoms with Gasteiger partial charge in [0.15, 0.2) is 0 Å². The van der Waals surface area contributed by atoms with Crippen molar-refractivity contribution in [3.63, 3.8) is 0 Å². The maximum atomic E-state index is 10.2. The van der Waals surface area contributed by atoms with Crippen LogP contribution in [0, 0.1) is 0 Å². The van der Waals surface area contributed by atoms with E-state index >= 15 is 0 Å². The molecule has 1 aliphatic rings. The van der Waals surface area contributed by atoms with E-state index in [9.17, 15) is 10.2 Å². The van der Waals surface area contributed by atoms with Crippen molar-refractivity contribution in [3.05, 3.63) is 35.9 Å². The van der Waals surface area contributed by atoms with Crippen molar-refractivity contribution in [1.82, 2.24) is 4.90 Å². The minimum Gasteiger partial charge on any atom is -0.395 e. The van der Waals surface area contributed by atoms with Gasteiger partial charge in [-0.1, -0.05) is 30.3 Å². The molecule has 19 heavy (non-hydrogen) atoms. The lowest BCUT2D eigenvalue weighted by atomic mass is 10.0. The van der Waals surface area contributed by atoms with Gasteiger partial charge in [0, 0.05) is 18.6 Å². The van der Waals surface area contributed by atoms with Gasteiger partial charge in [-0.25, -0.2) is 0 Å². The van der Waals surface area contributed by atoms with Crippen LogP contribution in [0.4, 0.5) is 0 Å². The van der Waals surface area contributed by atoms with E-state index in [1.165, 1.54) is 0 Å². The third-order valence-corrected chi connectivity index (χ3v) is 3.94. The highest BCUT2D eigenvalue weighted by Gasteiger charge is 2.27. The third kappa shape index (κ3) is 4.01. The molecule has 1 aromatic carbocycles. The van der Waals surface area contributed by atoms with Crippen LogP contribution in [0.1, 0.15) is 18.4 Å². The van der Waals surface area contributed by atoms with Gasteiger partial charge in [0.05, 0.1) is 12.7 Å². The van der Waals surface area contributed by atoms with Crippen molar-refractivity contribution in [3.8, 4) is 0 Å². The lowest BCUT2D eigenvalue weighted by molar-refractivity contribution is 0.0697. The first-order valence-corrected chi connectivity index (χ1v) is 7.03. The molecule has 0 spiro atoms. The average molecular weight is 264 g/mol. The number of nitrogens with two attached hydrogens (primary N) is 1. The van der Waals surface area contributed by atoms with E-state index in [1.807, 2.05) is 30.3 Å². The molecule has 106 valence electrons. The summed E-state index contributed by atoms with van der Waals surface area (Å²) in [5.41, 5.74) is 7.22. The van der Waals surface area contributed by atoms with Crippen LogP contribution in [0.15, 0.2) is 30.3 Å². The Morgan fingerprint density at radius 2 is 2.05 bits per heavy atom. The van der Waals surface area contributed by atoms with E-state index in [0.29, 0.717) is 13.0 Å². The van der Waals surface area contributed by atoms with Gasteiger partial charge >= 0.3 is 0 Å². The van der Waals surface area contributed by atoms with Crippen molar-refractivity contribution >= 4 is 0 Å². The molecule has 0 bridgehead atoms. The van der Waals surface area contributed by atoms with Crippen molar-refractivity contribution in [2.75, 3.05) is 19.7 Å². The summed E-state index contributed by atoms with van der Waals surface area (Å²) in [7, 11) is 0. The number of β-amino-alcohol motifs (C(OH)–C–C–N with tert-alkyl or cyclic N) is 1. The molecule has 1 fully saturated rings. The van der Waals surface area contributed by atoms with Gasteiger partial charge in [-0.15, -0.1) is 0 Å². The standard InChI is InChI=1S/C15H24N2O2/c16-14(9-12-5-2-1-3-6-12)15(19)10-17-8-4-7-13(17)11-18/h1-3,5-6,13-15,18-19H,4,7-11,16H2/t13-,14?,15?/m0/s1. The molecule has 2 unspecified atom stereocenters. The summed E-state index contributed by atoms with van der Waals surface area (Å²) in [5.74, 6) is 0. The first-order chi connectivity index (χ1) is 9.20. The number of rotatable bonds is 6. The molecule has 4 heteroatoms. The first-order valence-electron chi connectivity index (χ1n) is 7.03. The van der Waals surface area contributed by atoms with Gasteiger partial charge in [-0.2, -0.15) is 0 Å². The molecule has 4 N–H and O–H groups in total. The highest BCUT2D eigenvalue weighted by Crippen LogP contribution is 2.17. The monoisotopic (exact) mass is 264 g/mol. The summed E-state index contributed by atoms with van der Waals surface area (Å²) in [5, 5.41) is 19.5. The highest BCUT2D eigenvalue weighted by molar-refractivity contribution is 5.16. The summed E-state index contributed by atoms with van der Waals surface area (Å²) in [6.45, 7) is 1.67. The number of benzene rings is 1. The largest absolute Gasteiger partial charge is 0.395 e. The van der Waals surface area contributed by atoms with Crippen molar-refractivity contribution < 1.29 is 10.2 Å². The van der Waals surface area contributed by atoms with Crippen LogP contribution in [0.5, 0.6) is 0 Å². The molecule has 0 radical (unpaired) electrons. The Bertz CT molecular complexity index is 372. The second kappa shape index (κ2) is 7.01. The number of aliphatic hydroxyl groups excluding tert-OH is 2. The maximum Gasteiger partial charge on any atom is 0.0821 e. The fourth-order valence-corrected chi connectivity index (χ4v) is 2.74. The van der Waals surface area contributed by atoms with E-state index < -0.39 is 6.10 Å². The van der Waals surface area contributed by atoms with Crippen LogP contribution in [0.2, 0.25) is 0 Å². The van der Waals surface area contributed by atoms with Gasteiger partial charge in [-0.05, 0) is 31.4 Å². The van der Waals surface area contributed by atoms with Crippen LogP contribution in [0.3, 0.4) is 0 Å². The molecule has 0 saturated carbocycles. The average Bonchev–Trinajstić information content (AvgIpc) is 2.87. The van der Waals surface area contributed by atoms with Crippen molar-refractivity contribution in [2.45, 2.75) is 37.5 Å². The molecular weight excluding hydrogens is 240 g/mol. The van der Waals surface area contributed by atoms with Gasteiger partial charge in [0.2, 0.25) is 0 Å². The Balaban J connectivity index is 1.83. The molecule has 0 amide bonds. The summed E-state index contributed by atoms with van der Waals surface area (Å²) in [6, 6.07) is 9.92. The van der Waals surface area contributed by atoms with E-state index in [0.717, 1.165) is 24.9 Å². The Morgan fingerprint density at radius 1 is 1.32 bits per heavy atom. The number of likely N-dealkylation sites (tertiary alicyclic amines) is 1. The van der Waals surface area contributed by atoms with Crippen molar-refractivity contribution in [2.24, 2.45) is 5.73 Å². The smallest absolute Gasteiger partial charge is 0.0821 e. The Morgan fingerprint density at radius 3 is 2.74 bits per heavy atom. The molecule has 0 aliphatic carbocycles. The molecule has 1 saturated heterocycles. The van der Waals surface area contributed by atoms with Gasteiger partial charge in [-0.3, -0.25) is 4.90 Å². The van der Waals surface area contributed by atoms with Crippen LogP contribution in [-0.2, 0) is 6.42 Å².